The van der Waals surface area contributed by atoms with Crippen molar-refractivity contribution < 1.29 is 4.79 Å². The van der Waals surface area contributed by atoms with E-state index in [0.29, 0.717) is 18.9 Å². The van der Waals surface area contributed by atoms with Gasteiger partial charge in [0.25, 0.3) is 0 Å². The summed E-state index contributed by atoms with van der Waals surface area (Å²) in [4.78, 5) is 22.0. The number of hydrogen-bond donors (Lipinski definition) is 1. The monoisotopic (exact) mass is 322 g/mol. The molecule has 4 rings (SSSR count). The molecule has 0 aliphatic carbocycles. The number of carbonyl (C=O) groups excluding carboxylic acids is 1. The van der Waals surface area contributed by atoms with Crippen LogP contribution in [0.15, 0.2) is 36.7 Å². The summed E-state index contributed by atoms with van der Waals surface area (Å²) in [6.07, 6.45) is 1.63. The second-order valence-corrected chi connectivity index (χ2v) is 6.04. The third-order valence-corrected chi connectivity index (χ3v) is 4.41. The summed E-state index contributed by atoms with van der Waals surface area (Å²) < 4.78 is 1.90. The van der Waals surface area contributed by atoms with Crippen LogP contribution in [0, 0.1) is 6.92 Å². The van der Waals surface area contributed by atoms with Crippen LogP contribution in [0.5, 0.6) is 0 Å². The van der Waals surface area contributed by atoms with Crippen molar-refractivity contribution >= 4 is 5.91 Å². The van der Waals surface area contributed by atoms with Crippen molar-refractivity contribution in [2.75, 3.05) is 0 Å². The Hall–Kier alpha value is -2.96. The van der Waals surface area contributed by atoms with Gasteiger partial charge in [-0.1, -0.05) is 30.3 Å². The molecule has 3 aromatic rings. The van der Waals surface area contributed by atoms with Gasteiger partial charge in [-0.05, 0) is 19.4 Å². The third kappa shape index (κ3) is 2.29. The molecule has 1 amide bonds. The zero-order chi connectivity index (χ0) is 16.7. The maximum atomic E-state index is 12.8. The average Bonchev–Trinajstić information content (AvgIpc) is 3.19. The predicted octanol–water partition coefficient (Wildman–Crippen LogP) is 2.08. The van der Waals surface area contributed by atoms with Gasteiger partial charge in [-0.3, -0.25) is 9.36 Å². The molecule has 24 heavy (non-hydrogen) atoms. The smallest absolute Gasteiger partial charge is 0.246 e. The molecule has 0 saturated carbocycles. The minimum Gasteiger partial charge on any atom is -0.348 e. The topological polar surface area (TPSA) is 79.7 Å². The van der Waals surface area contributed by atoms with Crippen molar-refractivity contribution in [3.63, 3.8) is 0 Å². The molecule has 7 nitrogen and oxygen atoms in total. The van der Waals surface area contributed by atoms with Crippen molar-refractivity contribution in [2.45, 2.75) is 33.0 Å². The maximum absolute atomic E-state index is 12.8. The Labute approximate surface area is 139 Å². The number of hydrogen-bond acceptors (Lipinski definition) is 4. The Kier molecular flexibility index (Phi) is 3.41. The van der Waals surface area contributed by atoms with Crippen molar-refractivity contribution in [3.8, 4) is 11.5 Å². The highest BCUT2D eigenvalue weighted by Crippen LogP contribution is 2.29. The van der Waals surface area contributed by atoms with E-state index < -0.39 is 0 Å². The van der Waals surface area contributed by atoms with Gasteiger partial charge in [-0.25, -0.2) is 4.98 Å². The Morgan fingerprint density at radius 2 is 2.04 bits per heavy atom. The molecular formula is C17H18N6O. The summed E-state index contributed by atoms with van der Waals surface area (Å²) in [5.74, 6) is 1.50. The van der Waals surface area contributed by atoms with Crippen LogP contribution in [0.2, 0.25) is 0 Å². The first-order valence-corrected chi connectivity index (χ1v) is 7.92. The normalized spacial score (nSPS) is 17.2. The van der Waals surface area contributed by atoms with Crippen molar-refractivity contribution in [1.82, 2.24) is 29.6 Å². The summed E-state index contributed by atoms with van der Waals surface area (Å²) in [7, 11) is 0. The average molecular weight is 322 g/mol. The molecule has 0 spiro atoms. The van der Waals surface area contributed by atoms with Gasteiger partial charge in [0.15, 0.2) is 11.6 Å². The summed E-state index contributed by atoms with van der Waals surface area (Å²) in [5.41, 5.74) is 2.76. The molecule has 1 aromatic carbocycles. The number of aromatic nitrogens is 5. The van der Waals surface area contributed by atoms with E-state index in [1.54, 1.807) is 6.33 Å². The zero-order valence-electron chi connectivity index (χ0n) is 13.6. The SMILES string of the molecule is Cc1[nH]cnc1-c1nnc2n1[C@H](C)C(=O)N(Cc1ccccc1)C2. The molecule has 7 heteroatoms. The lowest BCUT2D eigenvalue weighted by Gasteiger charge is -2.32. The van der Waals surface area contributed by atoms with Gasteiger partial charge in [-0.2, -0.15) is 0 Å². The van der Waals surface area contributed by atoms with E-state index >= 15 is 0 Å². The quantitative estimate of drug-likeness (QED) is 0.800. The van der Waals surface area contributed by atoms with E-state index in [2.05, 4.69) is 20.2 Å². The van der Waals surface area contributed by atoms with E-state index in [1.165, 1.54) is 0 Å². The first-order valence-electron chi connectivity index (χ1n) is 7.92. The van der Waals surface area contributed by atoms with Gasteiger partial charge < -0.3 is 9.88 Å². The first-order chi connectivity index (χ1) is 11.6. The number of aromatic amines is 1. The highest BCUT2D eigenvalue weighted by Gasteiger charge is 2.34. The van der Waals surface area contributed by atoms with Crippen LogP contribution in [-0.4, -0.2) is 35.5 Å². The molecule has 0 saturated heterocycles. The molecule has 0 fully saturated rings. The maximum Gasteiger partial charge on any atom is 0.246 e. The standard InChI is InChI=1S/C17H18N6O/c1-11-15(19-10-18-11)16-21-20-14-9-22(17(24)12(2)23(14)16)8-13-6-4-3-5-7-13/h3-7,10,12H,8-9H2,1-2H3,(H,18,19)/t12-/m1/s1. The van der Waals surface area contributed by atoms with Crippen LogP contribution in [0.4, 0.5) is 0 Å². The van der Waals surface area contributed by atoms with Gasteiger partial charge in [-0.15, -0.1) is 10.2 Å². The lowest BCUT2D eigenvalue weighted by molar-refractivity contribution is -0.137. The van der Waals surface area contributed by atoms with E-state index in [9.17, 15) is 4.79 Å². The minimum atomic E-state index is -0.349. The molecular weight excluding hydrogens is 304 g/mol. The number of amides is 1. The van der Waals surface area contributed by atoms with Crippen LogP contribution in [0.1, 0.15) is 30.0 Å². The first kappa shape index (κ1) is 14.6. The van der Waals surface area contributed by atoms with Gasteiger partial charge in [0.2, 0.25) is 5.91 Å². The number of H-pyrrole nitrogens is 1. The van der Waals surface area contributed by atoms with Crippen LogP contribution >= 0.6 is 0 Å². The second kappa shape index (κ2) is 5.59. The number of nitrogens with one attached hydrogen (secondary N) is 1. The summed E-state index contributed by atoms with van der Waals surface area (Å²) in [6.45, 7) is 4.85. The van der Waals surface area contributed by atoms with Crippen LogP contribution in [0.3, 0.4) is 0 Å². The molecule has 3 heterocycles. The molecule has 1 aliphatic rings. The molecule has 1 aliphatic heterocycles. The van der Waals surface area contributed by atoms with E-state index in [4.69, 9.17) is 0 Å². The van der Waals surface area contributed by atoms with Crippen molar-refractivity contribution in [2.24, 2.45) is 0 Å². The van der Waals surface area contributed by atoms with Crippen LogP contribution < -0.4 is 0 Å². The Morgan fingerprint density at radius 1 is 1.25 bits per heavy atom. The largest absolute Gasteiger partial charge is 0.348 e. The molecule has 1 N–H and O–H groups in total. The molecule has 0 bridgehead atoms. The van der Waals surface area contributed by atoms with Gasteiger partial charge in [0, 0.05) is 12.2 Å². The molecule has 0 unspecified atom stereocenters. The number of imidazole rings is 1. The van der Waals surface area contributed by atoms with E-state index in [0.717, 1.165) is 22.8 Å². The number of nitrogens with zero attached hydrogens (tertiary/aromatic N) is 5. The fourth-order valence-electron chi connectivity index (χ4n) is 3.15. The Morgan fingerprint density at radius 3 is 2.75 bits per heavy atom. The minimum absolute atomic E-state index is 0.0700. The highest BCUT2D eigenvalue weighted by molar-refractivity contribution is 5.82. The van der Waals surface area contributed by atoms with E-state index in [-0.39, 0.29) is 11.9 Å². The van der Waals surface area contributed by atoms with Gasteiger partial charge in [0.05, 0.1) is 12.9 Å². The second-order valence-electron chi connectivity index (χ2n) is 6.04. The number of rotatable bonds is 3. The Balaban J connectivity index is 1.68. The number of fused-ring (bicyclic) bond motifs is 1. The fourth-order valence-corrected chi connectivity index (χ4v) is 3.15. The fraction of sp³-hybridized carbons (Fsp3) is 0.294. The molecule has 122 valence electrons. The summed E-state index contributed by atoms with van der Waals surface area (Å²) in [5, 5.41) is 8.57. The van der Waals surface area contributed by atoms with Crippen LogP contribution in [-0.2, 0) is 17.9 Å². The molecule has 0 radical (unpaired) electrons. The summed E-state index contributed by atoms with van der Waals surface area (Å²) in [6, 6.07) is 9.63. The lowest BCUT2D eigenvalue weighted by Crippen LogP contribution is -2.41. The highest BCUT2D eigenvalue weighted by atomic mass is 16.2. The van der Waals surface area contributed by atoms with Gasteiger partial charge >= 0.3 is 0 Å². The number of carbonyl (C=O) groups is 1. The Bertz CT molecular complexity index is 882. The lowest BCUT2D eigenvalue weighted by atomic mass is 10.1. The number of benzene rings is 1. The molecule has 2 aromatic heterocycles. The van der Waals surface area contributed by atoms with Crippen LogP contribution in [0.25, 0.3) is 11.5 Å². The summed E-state index contributed by atoms with van der Waals surface area (Å²) >= 11 is 0. The third-order valence-electron chi connectivity index (χ3n) is 4.41. The molecule has 1 atom stereocenters. The van der Waals surface area contributed by atoms with Gasteiger partial charge in [0.1, 0.15) is 11.7 Å². The predicted molar refractivity (Wildman–Crippen MR) is 87.7 cm³/mol. The number of aryl methyl sites for hydroxylation is 1. The van der Waals surface area contributed by atoms with Crippen molar-refractivity contribution in [1.29, 1.82) is 0 Å². The van der Waals surface area contributed by atoms with E-state index in [1.807, 2.05) is 53.6 Å². The zero-order valence-corrected chi connectivity index (χ0v) is 13.6. The van der Waals surface area contributed by atoms with Crippen molar-refractivity contribution in [3.05, 3.63) is 53.7 Å².